The van der Waals surface area contributed by atoms with Crippen LogP contribution in [0.25, 0.3) is 11.1 Å². The Bertz CT molecular complexity index is 643. The molecule has 2 aromatic carbocycles. The Kier molecular flexibility index (Phi) is 6.78. The number of carbonyl (C=O) groups is 1. The summed E-state index contributed by atoms with van der Waals surface area (Å²) < 4.78 is 11.2. The lowest BCUT2D eigenvalue weighted by molar-refractivity contribution is -0.163. The Hall–Kier alpha value is -1.97. The first-order valence-corrected chi connectivity index (χ1v) is 9.20. The largest absolute Gasteiger partial charge is 0.353 e. The van der Waals surface area contributed by atoms with Crippen molar-refractivity contribution in [2.45, 2.75) is 44.8 Å². The fraction of sp³-hybridized carbons (Fsp3) is 0.409. The van der Waals surface area contributed by atoms with Crippen LogP contribution in [0, 0.1) is 0 Å². The monoisotopic (exact) mass is 338 g/mol. The molecular formula is C22H26O3. The summed E-state index contributed by atoms with van der Waals surface area (Å²) >= 11 is 0. The molecule has 1 saturated heterocycles. The van der Waals surface area contributed by atoms with Crippen molar-refractivity contribution in [2.24, 2.45) is 0 Å². The molecule has 1 unspecified atom stereocenters. The summed E-state index contributed by atoms with van der Waals surface area (Å²) in [6.07, 6.45) is 5.03. The van der Waals surface area contributed by atoms with Gasteiger partial charge in [0.05, 0.1) is 6.61 Å². The van der Waals surface area contributed by atoms with Gasteiger partial charge < -0.3 is 9.47 Å². The summed E-state index contributed by atoms with van der Waals surface area (Å²) in [5.74, 6) is 0.264. The summed E-state index contributed by atoms with van der Waals surface area (Å²) in [4.78, 5) is 12.1. The third-order valence-corrected chi connectivity index (χ3v) is 4.50. The number of ketones is 1. The second kappa shape index (κ2) is 9.50. The Morgan fingerprint density at radius 1 is 1.00 bits per heavy atom. The summed E-state index contributed by atoms with van der Waals surface area (Å²) in [6, 6.07) is 18.5. The summed E-state index contributed by atoms with van der Waals surface area (Å²) in [5.41, 5.74) is 3.45. The van der Waals surface area contributed by atoms with Crippen molar-refractivity contribution in [1.82, 2.24) is 0 Å². The molecule has 1 heterocycles. The van der Waals surface area contributed by atoms with E-state index in [9.17, 15) is 4.79 Å². The molecule has 0 aliphatic carbocycles. The average molecular weight is 338 g/mol. The topological polar surface area (TPSA) is 35.5 Å². The molecule has 0 amide bonds. The maximum absolute atomic E-state index is 12.1. The molecule has 0 radical (unpaired) electrons. The van der Waals surface area contributed by atoms with Crippen molar-refractivity contribution in [2.75, 3.05) is 13.2 Å². The maximum atomic E-state index is 12.1. The van der Waals surface area contributed by atoms with E-state index in [1.165, 1.54) is 17.5 Å². The third-order valence-electron chi connectivity index (χ3n) is 4.50. The Morgan fingerprint density at radius 2 is 1.76 bits per heavy atom. The number of hydrogen-bond donors (Lipinski definition) is 0. The highest BCUT2D eigenvalue weighted by Crippen LogP contribution is 2.19. The molecule has 132 valence electrons. The van der Waals surface area contributed by atoms with Crippen LogP contribution in [0.4, 0.5) is 0 Å². The molecule has 3 rings (SSSR count). The first-order chi connectivity index (χ1) is 12.3. The van der Waals surface area contributed by atoms with Crippen LogP contribution in [-0.4, -0.2) is 25.3 Å². The average Bonchev–Trinajstić information content (AvgIpc) is 2.67. The molecule has 0 spiro atoms. The number of ether oxygens (including phenoxy) is 2. The van der Waals surface area contributed by atoms with Gasteiger partial charge in [0, 0.05) is 19.4 Å². The van der Waals surface area contributed by atoms with Crippen LogP contribution in [0.3, 0.4) is 0 Å². The zero-order valence-corrected chi connectivity index (χ0v) is 14.7. The Labute approximate surface area is 150 Å². The minimum absolute atomic E-state index is 0.0608. The van der Waals surface area contributed by atoms with Gasteiger partial charge in [-0.2, -0.15) is 0 Å². The first kappa shape index (κ1) is 17.8. The highest BCUT2D eigenvalue weighted by atomic mass is 16.7. The van der Waals surface area contributed by atoms with Crippen molar-refractivity contribution in [3.63, 3.8) is 0 Å². The molecule has 1 fully saturated rings. The van der Waals surface area contributed by atoms with E-state index in [-0.39, 0.29) is 12.1 Å². The van der Waals surface area contributed by atoms with E-state index in [2.05, 4.69) is 24.3 Å². The van der Waals surface area contributed by atoms with Gasteiger partial charge in [0.15, 0.2) is 6.29 Å². The maximum Gasteiger partial charge on any atom is 0.157 e. The van der Waals surface area contributed by atoms with Gasteiger partial charge in [-0.05, 0) is 42.4 Å². The molecular weight excluding hydrogens is 312 g/mol. The number of Topliss-reactive ketones (excluding diaryl/α,β-unsaturated/α-hetero) is 1. The quantitative estimate of drug-likeness (QED) is 0.649. The molecule has 2 aromatic rings. The fourth-order valence-corrected chi connectivity index (χ4v) is 3.09. The van der Waals surface area contributed by atoms with Gasteiger partial charge in [0.1, 0.15) is 5.78 Å². The molecule has 25 heavy (non-hydrogen) atoms. The smallest absolute Gasteiger partial charge is 0.157 e. The van der Waals surface area contributed by atoms with Gasteiger partial charge >= 0.3 is 0 Å². The van der Waals surface area contributed by atoms with Gasteiger partial charge in [-0.25, -0.2) is 0 Å². The van der Waals surface area contributed by atoms with Crippen LogP contribution in [0.5, 0.6) is 0 Å². The van der Waals surface area contributed by atoms with E-state index in [0.29, 0.717) is 19.4 Å². The molecule has 0 bridgehead atoms. The van der Waals surface area contributed by atoms with Gasteiger partial charge in [0.2, 0.25) is 0 Å². The zero-order valence-electron chi connectivity index (χ0n) is 14.7. The van der Waals surface area contributed by atoms with Crippen molar-refractivity contribution in [3.05, 3.63) is 60.2 Å². The molecule has 1 aliphatic rings. The van der Waals surface area contributed by atoms with Crippen LogP contribution in [0.1, 0.15) is 37.7 Å². The lowest BCUT2D eigenvalue weighted by Crippen LogP contribution is -2.22. The second-order valence-corrected chi connectivity index (χ2v) is 6.55. The van der Waals surface area contributed by atoms with E-state index < -0.39 is 0 Å². The molecule has 0 N–H and O–H groups in total. The number of hydrogen-bond acceptors (Lipinski definition) is 3. The Morgan fingerprint density at radius 3 is 2.48 bits per heavy atom. The van der Waals surface area contributed by atoms with E-state index in [4.69, 9.17) is 9.47 Å². The SMILES string of the molecule is O=C(CCCOC1CCCCO1)Cc1ccc(-c2ccccc2)cc1. The van der Waals surface area contributed by atoms with Crippen LogP contribution in [0.15, 0.2) is 54.6 Å². The predicted octanol–water partition coefficient (Wildman–Crippen LogP) is 4.79. The van der Waals surface area contributed by atoms with Crippen LogP contribution < -0.4 is 0 Å². The Balaban J connectivity index is 1.39. The number of rotatable bonds is 8. The van der Waals surface area contributed by atoms with Crippen molar-refractivity contribution in [3.8, 4) is 11.1 Å². The number of benzene rings is 2. The van der Waals surface area contributed by atoms with E-state index >= 15 is 0 Å². The molecule has 0 aromatic heterocycles. The van der Waals surface area contributed by atoms with Gasteiger partial charge in [-0.15, -0.1) is 0 Å². The van der Waals surface area contributed by atoms with Crippen LogP contribution in [0.2, 0.25) is 0 Å². The normalized spacial score (nSPS) is 17.4. The first-order valence-electron chi connectivity index (χ1n) is 9.20. The molecule has 3 nitrogen and oxygen atoms in total. The van der Waals surface area contributed by atoms with Gasteiger partial charge in [-0.1, -0.05) is 54.6 Å². The van der Waals surface area contributed by atoms with E-state index in [1.54, 1.807) is 0 Å². The van der Waals surface area contributed by atoms with Crippen LogP contribution in [-0.2, 0) is 20.7 Å². The lowest BCUT2D eigenvalue weighted by Gasteiger charge is -2.22. The highest BCUT2D eigenvalue weighted by Gasteiger charge is 2.13. The molecule has 3 heteroatoms. The second-order valence-electron chi connectivity index (χ2n) is 6.55. The zero-order chi connectivity index (χ0) is 17.3. The van der Waals surface area contributed by atoms with Gasteiger partial charge in [-0.3, -0.25) is 4.79 Å². The number of carbonyl (C=O) groups excluding carboxylic acids is 1. The lowest BCUT2D eigenvalue weighted by atomic mass is 10.0. The standard InChI is InChI=1S/C22H26O3/c23-21(9-6-16-25-22-10-4-5-15-24-22)17-18-11-13-20(14-12-18)19-7-2-1-3-8-19/h1-3,7-8,11-14,22H,4-6,9-10,15-17H2. The van der Waals surface area contributed by atoms with E-state index in [0.717, 1.165) is 31.4 Å². The van der Waals surface area contributed by atoms with Gasteiger partial charge in [0.25, 0.3) is 0 Å². The summed E-state index contributed by atoms with van der Waals surface area (Å²) in [7, 11) is 0. The minimum atomic E-state index is -0.0608. The highest BCUT2D eigenvalue weighted by molar-refractivity contribution is 5.81. The fourth-order valence-electron chi connectivity index (χ4n) is 3.09. The van der Waals surface area contributed by atoms with Crippen molar-refractivity contribution in [1.29, 1.82) is 0 Å². The molecule has 1 aliphatic heterocycles. The van der Waals surface area contributed by atoms with Crippen LogP contribution >= 0.6 is 0 Å². The van der Waals surface area contributed by atoms with Crippen molar-refractivity contribution >= 4 is 5.78 Å². The molecule has 0 saturated carbocycles. The third kappa shape index (κ3) is 5.80. The van der Waals surface area contributed by atoms with Crippen molar-refractivity contribution < 1.29 is 14.3 Å². The summed E-state index contributed by atoms with van der Waals surface area (Å²) in [6.45, 7) is 1.39. The minimum Gasteiger partial charge on any atom is -0.353 e. The summed E-state index contributed by atoms with van der Waals surface area (Å²) in [5, 5.41) is 0. The molecule has 1 atom stereocenters. The predicted molar refractivity (Wildman–Crippen MR) is 99.4 cm³/mol. The van der Waals surface area contributed by atoms with E-state index in [1.807, 2.05) is 30.3 Å².